The molecule has 0 bridgehead atoms. The lowest BCUT2D eigenvalue weighted by Gasteiger charge is -2.34. The Bertz CT molecular complexity index is 1660. The molecule has 0 unspecified atom stereocenters. The van der Waals surface area contributed by atoms with Crippen LogP contribution in [-0.2, 0) is 32.6 Å². The summed E-state index contributed by atoms with van der Waals surface area (Å²) in [6, 6.07) is 28.3. The first-order chi connectivity index (χ1) is 21.0. The highest BCUT2D eigenvalue weighted by Gasteiger charge is 2.35. The van der Waals surface area contributed by atoms with Gasteiger partial charge < -0.3 is 10.2 Å². The number of hydrogen-bond donors (Lipinski definition) is 1. The zero-order valence-electron chi connectivity index (χ0n) is 24.8. The highest BCUT2D eigenvalue weighted by molar-refractivity contribution is 7.92. The number of benzene rings is 4. The lowest BCUT2D eigenvalue weighted by molar-refractivity contribution is -0.139. The van der Waals surface area contributed by atoms with E-state index in [4.69, 9.17) is 23.2 Å². The highest BCUT2D eigenvalue weighted by atomic mass is 35.5. The Morgan fingerprint density at radius 1 is 0.795 bits per heavy atom. The lowest BCUT2D eigenvalue weighted by atomic mass is 10.0. The third-order valence-electron chi connectivity index (χ3n) is 7.37. The number of halogens is 2. The molecule has 0 fully saturated rings. The number of anilines is 1. The van der Waals surface area contributed by atoms with Gasteiger partial charge in [0, 0.05) is 35.6 Å². The summed E-state index contributed by atoms with van der Waals surface area (Å²) in [5, 5.41) is 3.31. The summed E-state index contributed by atoms with van der Waals surface area (Å²) in [4.78, 5) is 29.2. The van der Waals surface area contributed by atoms with E-state index >= 15 is 0 Å². The largest absolute Gasteiger partial charge is 0.357 e. The van der Waals surface area contributed by atoms with Gasteiger partial charge in [-0.2, -0.15) is 0 Å². The van der Waals surface area contributed by atoms with E-state index in [0.717, 1.165) is 15.4 Å². The van der Waals surface area contributed by atoms with Gasteiger partial charge in [-0.15, -0.1) is 0 Å². The smallest absolute Gasteiger partial charge is 0.264 e. The van der Waals surface area contributed by atoms with E-state index in [2.05, 4.69) is 5.32 Å². The number of sulfonamides is 1. The summed E-state index contributed by atoms with van der Waals surface area (Å²) >= 11 is 13.0. The molecule has 0 saturated heterocycles. The first-order valence-corrected chi connectivity index (χ1v) is 16.4. The van der Waals surface area contributed by atoms with Crippen LogP contribution in [0.5, 0.6) is 0 Å². The second-order valence-electron chi connectivity index (χ2n) is 10.6. The van der Waals surface area contributed by atoms with Gasteiger partial charge in [0.2, 0.25) is 11.8 Å². The van der Waals surface area contributed by atoms with Gasteiger partial charge in [0.15, 0.2) is 0 Å². The van der Waals surface area contributed by atoms with E-state index in [9.17, 15) is 18.0 Å². The second-order valence-corrected chi connectivity index (χ2v) is 13.3. The molecule has 44 heavy (non-hydrogen) atoms. The van der Waals surface area contributed by atoms with Crippen LogP contribution in [0.2, 0.25) is 10.0 Å². The second kappa shape index (κ2) is 14.8. The molecule has 230 valence electrons. The van der Waals surface area contributed by atoms with Crippen LogP contribution >= 0.6 is 23.2 Å². The molecule has 0 saturated carbocycles. The fourth-order valence-electron chi connectivity index (χ4n) is 4.85. The molecule has 0 heterocycles. The summed E-state index contributed by atoms with van der Waals surface area (Å²) in [5.74, 6) is -0.783. The number of likely N-dealkylation sites (N-methyl/N-ethyl adjacent to an activating group) is 1. The first-order valence-electron chi connectivity index (χ1n) is 14.2. The minimum absolute atomic E-state index is 0.0357. The monoisotopic (exact) mass is 651 g/mol. The fourth-order valence-corrected chi connectivity index (χ4v) is 6.80. The number of nitrogens with one attached hydrogen (secondary N) is 1. The van der Waals surface area contributed by atoms with Crippen molar-refractivity contribution in [2.45, 2.75) is 43.7 Å². The van der Waals surface area contributed by atoms with Crippen LogP contribution in [0, 0.1) is 0 Å². The summed E-state index contributed by atoms with van der Waals surface area (Å²) in [7, 11) is -2.69. The third-order valence-corrected chi connectivity index (χ3v) is 9.86. The molecule has 0 aliphatic carbocycles. The molecule has 4 aromatic carbocycles. The number of rotatable bonds is 12. The average molecular weight is 653 g/mol. The Balaban J connectivity index is 1.82. The van der Waals surface area contributed by atoms with Crippen LogP contribution in [-0.4, -0.2) is 44.8 Å². The summed E-state index contributed by atoms with van der Waals surface area (Å²) in [6.07, 6.45) is 0.183. The average Bonchev–Trinajstić information content (AvgIpc) is 3.03. The molecule has 0 radical (unpaired) electrons. The van der Waals surface area contributed by atoms with Crippen LogP contribution < -0.4 is 9.62 Å². The Hall–Kier alpha value is -3.85. The molecule has 0 aromatic heterocycles. The van der Waals surface area contributed by atoms with Crippen LogP contribution in [0.25, 0.3) is 0 Å². The highest BCUT2D eigenvalue weighted by Crippen LogP contribution is 2.29. The van der Waals surface area contributed by atoms with E-state index < -0.39 is 34.4 Å². The fraction of sp³-hybridized carbons (Fsp3) is 0.235. The van der Waals surface area contributed by atoms with Crippen molar-refractivity contribution in [1.82, 2.24) is 10.2 Å². The molecule has 10 heteroatoms. The van der Waals surface area contributed by atoms with Crippen molar-refractivity contribution >= 4 is 50.7 Å². The Labute approximate surface area is 269 Å². The summed E-state index contributed by atoms with van der Waals surface area (Å²) in [5.41, 5.74) is 2.61. The number of nitrogens with zero attached hydrogens (tertiary/aromatic N) is 2. The van der Waals surface area contributed by atoms with E-state index in [1.54, 1.807) is 48.5 Å². The van der Waals surface area contributed by atoms with E-state index in [-0.39, 0.29) is 23.8 Å². The topological polar surface area (TPSA) is 86.8 Å². The molecule has 2 amide bonds. The van der Waals surface area contributed by atoms with E-state index in [1.165, 1.54) is 24.1 Å². The predicted molar refractivity (Wildman–Crippen MR) is 177 cm³/mol. The number of amides is 2. The maximum Gasteiger partial charge on any atom is 0.264 e. The van der Waals surface area contributed by atoms with Crippen molar-refractivity contribution in [2.75, 3.05) is 17.9 Å². The summed E-state index contributed by atoms with van der Waals surface area (Å²) in [6.45, 7) is 3.40. The minimum Gasteiger partial charge on any atom is -0.357 e. The molecular weight excluding hydrogens is 617 g/mol. The number of hydrogen-bond acceptors (Lipinski definition) is 4. The van der Waals surface area contributed by atoms with E-state index in [0.29, 0.717) is 21.3 Å². The van der Waals surface area contributed by atoms with Crippen molar-refractivity contribution in [3.8, 4) is 0 Å². The molecule has 1 atom stereocenters. The van der Waals surface area contributed by atoms with Crippen molar-refractivity contribution in [1.29, 1.82) is 0 Å². The maximum atomic E-state index is 14.4. The van der Waals surface area contributed by atoms with Crippen LogP contribution in [0.15, 0.2) is 108 Å². The number of carbonyl (C=O) groups is 2. The normalized spacial score (nSPS) is 12.0. The molecule has 1 N–H and O–H groups in total. The van der Waals surface area contributed by atoms with Gasteiger partial charge in [0.05, 0.1) is 10.6 Å². The third kappa shape index (κ3) is 7.80. The van der Waals surface area contributed by atoms with Crippen LogP contribution in [0.4, 0.5) is 5.69 Å². The van der Waals surface area contributed by atoms with Gasteiger partial charge in [-0.1, -0.05) is 104 Å². The van der Waals surface area contributed by atoms with Gasteiger partial charge in [-0.25, -0.2) is 8.42 Å². The summed E-state index contributed by atoms with van der Waals surface area (Å²) < 4.78 is 29.2. The Morgan fingerprint density at radius 3 is 1.91 bits per heavy atom. The van der Waals surface area contributed by atoms with Gasteiger partial charge >= 0.3 is 0 Å². The molecule has 0 spiro atoms. The zero-order valence-corrected chi connectivity index (χ0v) is 27.1. The molecule has 7 nitrogen and oxygen atoms in total. The Kier molecular flexibility index (Phi) is 11.1. The molecule has 0 aliphatic heterocycles. The Morgan fingerprint density at radius 2 is 1.36 bits per heavy atom. The molecular formula is C34H35Cl2N3O4S. The molecule has 4 rings (SSSR count). The zero-order chi connectivity index (χ0) is 31.9. The van der Waals surface area contributed by atoms with E-state index in [1.807, 2.05) is 56.3 Å². The van der Waals surface area contributed by atoms with Crippen LogP contribution in [0.1, 0.15) is 36.5 Å². The quantitative estimate of drug-likeness (QED) is 0.185. The maximum absolute atomic E-state index is 14.4. The lowest BCUT2D eigenvalue weighted by Crippen LogP contribution is -2.53. The SMILES string of the molecule is CNC(=O)[C@H](Cc1ccccc1)N(Cc1c(Cl)cccc1Cl)C(=O)CN(c1ccc(C(C)C)cc1)S(=O)(=O)c1ccccc1. The van der Waals surface area contributed by atoms with Gasteiger partial charge in [0.1, 0.15) is 12.6 Å². The molecule has 0 aliphatic rings. The van der Waals surface area contributed by atoms with Gasteiger partial charge in [-0.05, 0) is 53.4 Å². The van der Waals surface area contributed by atoms with Crippen molar-refractivity contribution in [3.63, 3.8) is 0 Å². The standard InChI is InChI=1S/C34H35Cl2N3O4S/c1-24(2)26-17-19-27(20-18-26)39(44(42,43)28-13-8-5-9-14-28)23-33(40)38(22-29-30(35)15-10-16-31(29)36)32(34(41)37-3)21-25-11-6-4-7-12-25/h4-20,24,32H,21-23H2,1-3H3,(H,37,41)/t32-/m0/s1. The van der Waals surface area contributed by atoms with Gasteiger partial charge in [0.25, 0.3) is 10.0 Å². The first kappa shape index (κ1) is 33.1. The van der Waals surface area contributed by atoms with Crippen molar-refractivity contribution in [3.05, 3.63) is 130 Å². The predicted octanol–water partition coefficient (Wildman–Crippen LogP) is 6.70. The van der Waals surface area contributed by atoms with Gasteiger partial charge in [-0.3, -0.25) is 13.9 Å². The number of carbonyl (C=O) groups excluding carboxylic acids is 2. The van der Waals surface area contributed by atoms with Crippen molar-refractivity contribution < 1.29 is 18.0 Å². The minimum atomic E-state index is -4.18. The molecule has 4 aromatic rings. The van der Waals surface area contributed by atoms with Crippen molar-refractivity contribution in [2.24, 2.45) is 0 Å². The van der Waals surface area contributed by atoms with Crippen LogP contribution in [0.3, 0.4) is 0 Å².